The minimum absolute atomic E-state index is 0.0693. The molecular weight excluding hydrogens is 384 g/mol. The van der Waals surface area contributed by atoms with Gasteiger partial charge >= 0.3 is 0 Å². The lowest BCUT2D eigenvalue weighted by Gasteiger charge is -2.09. The molecule has 1 amide bonds. The van der Waals surface area contributed by atoms with Crippen molar-refractivity contribution in [2.75, 3.05) is 11.9 Å². The molecule has 136 valence electrons. The second-order valence-corrected chi connectivity index (χ2v) is 8.09. The average Bonchev–Trinajstić information content (AvgIpc) is 3.22. The molecule has 1 heterocycles. The largest absolute Gasteiger partial charge is 0.325 e. The van der Waals surface area contributed by atoms with Crippen LogP contribution < -0.4 is 10.0 Å². The number of nitrogens with zero attached hydrogens (tertiary/aromatic N) is 2. The fourth-order valence-electron chi connectivity index (χ4n) is 2.28. The van der Waals surface area contributed by atoms with E-state index in [4.69, 9.17) is 5.26 Å². The van der Waals surface area contributed by atoms with E-state index in [9.17, 15) is 13.2 Å². The number of hydrogen-bond donors (Lipinski definition) is 2. The Balaban J connectivity index is 1.64. The fraction of sp³-hybridized carbons (Fsp3) is 0.0556. The van der Waals surface area contributed by atoms with Gasteiger partial charge < -0.3 is 5.32 Å². The molecule has 0 bridgehead atoms. The van der Waals surface area contributed by atoms with Crippen molar-refractivity contribution in [3.8, 4) is 16.6 Å². The van der Waals surface area contributed by atoms with Crippen LogP contribution in [0.25, 0.3) is 10.6 Å². The Morgan fingerprint density at radius 2 is 2.00 bits per heavy atom. The topological polar surface area (TPSA) is 112 Å². The number of aromatic nitrogens is 1. The first-order valence-corrected chi connectivity index (χ1v) is 10.1. The number of rotatable bonds is 6. The van der Waals surface area contributed by atoms with Gasteiger partial charge in [-0.25, -0.2) is 18.1 Å². The zero-order chi connectivity index (χ0) is 19.3. The number of hydrogen-bond acceptors (Lipinski definition) is 6. The first-order chi connectivity index (χ1) is 13.0. The number of anilines is 1. The van der Waals surface area contributed by atoms with Gasteiger partial charge in [0.25, 0.3) is 0 Å². The van der Waals surface area contributed by atoms with Crippen molar-refractivity contribution in [1.82, 2.24) is 9.71 Å². The zero-order valence-corrected chi connectivity index (χ0v) is 15.5. The van der Waals surface area contributed by atoms with E-state index in [-0.39, 0.29) is 10.5 Å². The van der Waals surface area contributed by atoms with E-state index in [2.05, 4.69) is 15.0 Å². The van der Waals surface area contributed by atoms with Crippen LogP contribution in [0, 0.1) is 11.3 Å². The third-order valence-corrected chi connectivity index (χ3v) is 5.74. The van der Waals surface area contributed by atoms with Gasteiger partial charge in [0, 0.05) is 22.8 Å². The summed E-state index contributed by atoms with van der Waals surface area (Å²) in [5.74, 6) is -0.508. The monoisotopic (exact) mass is 398 g/mol. The van der Waals surface area contributed by atoms with Crippen molar-refractivity contribution in [1.29, 1.82) is 5.26 Å². The van der Waals surface area contributed by atoms with Crippen LogP contribution in [0.2, 0.25) is 0 Å². The Morgan fingerprint density at radius 3 is 2.74 bits per heavy atom. The van der Waals surface area contributed by atoms with Crippen LogP contribution in [0.1, 0.15) is 5.56 Å². The molecule has 2 aromatic carbocycles. The second-order valence-electron chi connectivity index (χ2n) is 5.43. The smallest absolute Gasteiger partial charge is 0.241 e. The molecule has 9 heteroatoms. The van der Waals surface area contributed by atoms with Crippen molar-refractivity contribution in [2.24, 2.45) is 0 Å². The van der Waals surface area contributed by atoms with Gasteiger partial charge in [-0.2, -0.15) is 5.26 Å². The van der Waals surface area contributed by atoms with Crippen LogP contribution >= 0.6 is 11.3 Å². The molecule has 0 atom stereocenters. The first kappa shape index (κ1) is 18.7. The van der Waals surface area contributed by atoms with Gasteiger partial charge in [-0.1, -0.05) is 18.2 Å². The van der Waals surface area contributed by atoms with E-state index in [1.165, 1.54) is 35.6 Å². The Bertz CT molecular complexity index is 1100. The highest BCUT2D eigenvalue weighted by atomic mass is 32.2. The predicted octanol–water partition coefficient (Wildman–Crippen LogP) is 2.60. The molecule has 0 saturated heterocycles. The van der Waals surface area contributed by atoms with Gasteiger partial charge in [0.15, 0.2) is 0 Å². The van der Waals surface area contributed by atoms with Crippen LogP contribution in [-0.2, 0) is 14.8 Å². The highest BCUT2D eigenvalue weighted by Gasteiger charge is 2.16. The molecule has 0 unspecified atom stereocenters. The quantitative estimate of drug-likeness (QED) is 0.663. The minimum Gasteiger partial charge on any atom is -0.325 e. The van der Waals surface area contributed by atoms with E-state index < -0.39 is 22.5 Å². The molecule has 0 aliphatic carbocycles. The number of benzene rings is 2. The van der Waals surface area contributed by atoms with Gasteiger partial charge in [0.1, 0.15) is 5.01 Å². The Morgan fingerprint density at radius 1 is 1.19 bits per heavy atom. The number of amides is 1. The van der Waals surface area contributed by atoms with Crippen molar-refractivity contribution < 1.29 is 13.2 Å². The number of nitriles is 1. The van der Waals surface area contributed by atoms with E-state index in [0.29, 0.717) is 5.69 Å². The summed E-state index contributed by atoms with van der Waals surface area (Å²) in [4.78, 5) is 16.3. The number of thiazole rings is 1. The van der Waals surface area contributed by atoms with E-state index in [1.807, 2.05) is 17.5 Å². The Kier molecular flexibility index (Phi) is 5.61. The molecule has 1 aromatic heterocycles. The van der Waals surface area contributed by atoms with Crippen LogP contribution in [0.5, 0.6) is 0 Å². The number of carbonyl (C=O) groups excluding carboxylic acids is 1. The summed E-state index contributed by atoms with van der Waals surface area (Å²) < 4.78 is 26.7. The van der Waals surface area contributed by atoms with E-state index in [0.717, 1.165) is 10.6 Å². The average molecular weight is 398 g/mol. The molecule has 2 N–H and O–H groups in total. The summed E-state index contributed by atoms with van der Waals surface area (Å²) in [5, 5.41) is 14.2. The van der Waals surface area contributed by atoms with Crippen LogP contribution in [-0.4, -0.2) is 25.9 Å². The van der Waals surface area contributed by atoms with Crippen molar-refractivity contribution in [2.45, 2.75) is 4.90 Å². The lowest BCUT2D eigenvalue weighted by atomic mass is 10.2. The van der Waals surface area contributed by atoms with Crippen LogP contribution in [0.3, 0.4) is 0 Å². The lowest BCUT2D eigenvalue weighted by Crippen LogP contribution is -2.32. The summed E-state index contributed by atoms with van der Waals surface area (Å²) in [5.41, 5.74) is 1.62. The maximum atomic E-state index is 12.3. The summed E-state index contributed by atoms with van der Waals surface area (Å²) in [6, 6.07) is 14.6. The molecule has 3 rings (SSSR count). The van der Waals surface area contributed by atoms with E-state index >= 15 is 0 Å². The molecule has 0 radical (unpaired) electrons. The lowest BCUT2D eigenvalue weighted by molar-refractivity contribution is -0.115. The van der Waals surface area contributed by atoms with Crippen molar-refractivity contribution in [3.63, 3.8) is 0 Å². The Hall–Kier alpha value is -3.06. The van der Waals surface area contributed by atoms with Gasteiger partial charge in [-0.3, -0.25) is 4.79 Å². The molecule has 0 aliphatic heterocycles. The normalized spacial score (nSPS) is 10.9. The number of carbonyl (C=O) groups is 1. The van der Waals surface area contributed by atoms with Gasteiger partial charge in [-0.05, 0) is 30.3 Å². The molecule has 0 aliphatic rings. The summed E-state index contributed by atoms with van der Waals surface area (Å²) >= 11 is 1.48. The molecule has 7 nitrogen and oxygen atoms in total. The van der Waals surface area contributed by atoms with Gasteiger partial charge in [0.05, 0.1) is 23.1 Å². The van der Waals surface area contributed by atoms with Gasteiger partial charge in [0.2, 0.25) is 15.9 Å². The minimum atomic E-state index is -3.89. The first-order valence-electron chi connectivity index (χ1n) is 7.77. The maximum absolute atomic E-state index is 12.3. The third kappa shape index (κ3) is 4.77. The summed E-state index contributed by atoms with van der Waals surface area (Å²) in [6.07, 6.45) is 1.70. The second kappa shape index (κ2) is 8.09. The summed E-state index contributed by atoms with van der Waals surface area (Å²) in [6.45, 7) is -0.430. The van der Waals surface area contributed by atoms with Crippen molar-refractivity contribution in [3.05, 3.63) is 65.7 Å². The third-order valence-electron chi connectivity index (χ3n) is 3.52. The highest BCUT2D eigenvalue weighted by Crippen LogP contribution is 2.24. The molecule has 3 aromatic rings. The Labute approximate surface area is 160 Å². The van der Waals surface area contributed by atoms with E-state index in [1.54, 1.807) is 24.4 Å². The maximum Gasteiger partial charge on any atom is 0.241 e. The highest BCUT2D eigenvalue weighted by molar-refractivity contribution is 7.89. The molecular formula is C18H14N4O3S2. The van der Waals surface area contributed by atoms with Crippen molar-refractivity contribution >= 4 is 33.0 Å². The van der Waals surface area contributed by atoms with Crippen LogP contribution in [0.15, 0.2) is 65.0 Å². The zero-order valence-electron chi connectivity index (χ0n) is 13.9. The van der Waals surface area contributed by atoms with Gasteiger partial charge in [-0.15, -0.1) is 11.3 Å². The molecule has 27 heavy (non-hydrogen) atoms. The fourth-order valence-corrected chi connectivity index (χ4v) is 3.94. The molecule has 0 spiro atoms. The summed E-state index contributed by atoms with van der Waals surface area (Å²) in [7, 11) is -3.89. The van der Waals surface area contributed by atoms with Crippen LogP contribution in [0.4, 0.5) is 5.69 Å². The number of nitrogens with one attached hydrogen (secondary N) is 2. The SMILES string of the molecule is N#Cc1cccc(S(=O)(=O)NCC(=O)Nc2cccc(-c3nccs3)c2)c1. The molecule has 0 fully saturated rings. The standard InChI is InChI=1S/C18H14N4O3S2/c19-11-13-3-1-6-16(9-13)27(24,25)21-12-17(23)22-15-5-2-4-14(10-15)18-20-7-8-26-18/h1-10,21H,12H2,(H,22,23). The predicted molar refractivity (Wildman–Crippen MR) is 103 cm³/mol. The number of sulfonamides is 1. The molecule has 0 saturated carbocycles.